The number of hydrogen-bond donors (Lipinski definition) is 1. The van der Waals surface area contributed by atoms with Crippen molar-refractivity contribution in [3.05, 3.63) is 89.0 Å². The number of aromatic hydroxyl groups is 1. The van der Waals surface area contributed by atoms with Crippen molar-refractivity contribution >= 4 is 11.1 Å². The van der Waals surface area contributed by atoms with Crippen LogP contribution in [0.25, 0.3) is 11.1 Å². The smallest absolute Gasteiger partial charge is 0.150 e. The summed E-state index contributed by atoms with van der Waals surface area (Å²) >= 11 is 0. The van der Waals surface area contributed by atoms with Gasteiger partial charge in [0.25, 0.3) is 0 Å². The lowest BCUT2D eigenvalue weighted by atomic mass is 9.86. The Morgan fingerprint density at radius 1 is 1.09 bits per heavy atom. The van der Waals surface area contributed by atoms with Gasteiger partial charge in [-0.15, -0.1) is 0 Å². The highest BCUT2D eigenvalue weighted by Gasteiger charge is 2.30. The van der Waals surface area contributed by atoms with Gasteiger partial charge in [-0.25, -0.2) is 0 Å². The second-order valence-electron chi connectivity index (χ2n) is 9.10. The van der Waals surface area contributed by atoms with Crippen LogP contribution in [-0.4, -0.2) is 42.9 Å². The van der Waals surface area contributed by atoms with Crippen molar-refractivity contribution in [1.82, 2.24) is 4.90 Å². The third-order valence-corrected chi connectivity index (χ3v) is 6.72. The number of fused-ring (bicyclic) bond motifs is 1. The van der Waals surface area contributed by atoms with E-state index in [1.54, 1.807) is 12.1 Å². The van der Waals surface area contributed by atoms with Gasteiger partial charge in [0.05, 0.1) is 18.3 Å². The Morgan fingerprint density at radius 2 is 1.83 bits per heavy atom. The van der Waals surface area contributed by atoms with Gasteiger partial charge >= 0.3 is 0 Å². The number of phenolic OH excluding ortho intramolecular Hbond substituents is 1. The van der Waals surface area contributed by atoms with E-state index in [4.69, 9.17) is 9.47 Å². The summed E-state index contributed by atoms with van der Waals surface area (Å²) in [6.07, 6.45) is -0.384. The van der Waals surface area contributed by atoms with Gasteiger partial charge in [0.15, 0.2) is 0 Å². The topological polar surface area (TPSA) is 65.7 Å². The molecule has 0 spiro atoms. The minimum atomic E-state index is -0.384. The van der Waals surface area contributed by atoms with E-state index < -0.39 is 0 Å². The quantitative estimate of drug-likeness (QED) is 0.486. The maximum absolute atomic E-state index is 12.6. The number of alkyl halides is 1. The van der Waals surface area contributed by atoms with Crippen molar-refractivity contribution in [1.29, 1.82) is 5.26 Å². The first-order chi connectivity index (χ1) is 17.1. The highest BCUT2D eigenvalue weighted by Crippen LogP contribution is 2.47. The first kappa shape index (κ1) is 22.9. The third-order valence-electron chi connectivity index (χ3n) is 6.72. The summed E-state index contributed by atoms with van der Waals surface area (Å²) in [4.78, 5) is 2.19. The summed E-state index contributed by atoms with van der Waals surface area (Å²) in [7, 11) is 0. The van der Waals surface area contributed by atoms with Gasteiger partial charge in [0, 0.05) is 42.8 Å². The number of nitrogens with zero attached hydrogens (tertiary/aromatic N) is 2. The van der Waals surface area contributed by atoms with Crippen LogP contribution in [0.5, 0.6) is 17.2 Å². The molecule has 5 rings (SSSR count). The minimum absolute atomic E-state index is 0.154. The van der Waals surface area contributed by atoms with Crippen molar-refractivity contribution in [2.24, 2.45) is 5.92 Å². The molecular formula is C29H27FN2O3. The van der Waals surface area contributed by atoms with Crippen LogP contribution in [0, 0.1) is 17.2 Å². The zero-order valence-corrected chi connectivity index (χ0v) is 19.6. The lowest BCUT2D eigenvalue weighted by molar-refractivity contribution is 0.0668. The molecule has 0 radical (unpaired) electrons. The highest BCUT2D eigenvalue weighted by atomic mass is 19.1. The SMILES string of the molecule is CC1=C(c2ccc(C#N)cc2)[C@H](c2ccc(OCCN3CC(CF)C3)cc2)Oc2cc(O)ccc21. The summed E-state index contributed by atoms with van der Waals surface area (Å²) in [5.41, 5.74) is 5.54. The van der Waals surface area contributed by atoms with E-state index >= 15 is 0 Å². The summed E-state index contributed by atoms with van der Waals surface area (Å²) in [6.45, 7) is 4.76. The number of hydrogen-bond acceptors (Lipinski definition) is 5. The van der Waals surface area contributed by atoms with Gasteiger partial charge in [-0.3, -0.25) is 9.29 Å². The van der Waals surface area contributed by atoms with Crippen LogP contribution in [0.3, 0.4) is 0 Å². The molecule has 3 aromatic rings. The molecule has 0 bridgehead atoms. The van der Waals surface area contributed by atoms with E-state index in [1.165, 1.54) is 0 Å². The average Bonchev–Trinajstić information content (AvgIpc) is 2.85. The normalized spacial score (nSPS) is 17.8. The van der Waals surface area contributed by atoms with E-state index in [2.05, 4.69) is 17.9 Å². The Bertz CT molecular complexity index is 1270. The fourth-order valence-electron chi connectivity index (χ4n) is 4.76. The largest absolute Gasteiger partial charge is 0.508 e. The standard InChI is InChI=1S/C29H27FN2O3/c1-19-26-11-8-24(33)14-27(26)35-29(28(19)22-4-2-20(16-31)3-5-22)23-6-9-25(10-7-23)34-13-12-32-17-21(15-30)18-32/h2-11,14,21,29,33H,12-13,15,17-18H2,1H3/t29-/m0/s1. The lowest BCUT2D eigenvalue weighted by Gasteiger charge is -2.37. The van der Waals surface area contributed by atoms with Crippen molar-refractivity contribution in [3.63, 3.8) is 0 Å². The summed E-state index contributed by atoms with van der Waals surface area (Å²) in [5.74, 6) is 1.73. The Hall–Kier alpha value is -3.82. The van der Waals surface area contributed by atoms with E-state index in [0.29, 0.717) is 17.9 Å². The zero-order chi connectivity index (χ0) is 24.4. The number of likely N-dealkylation sites (tertiary alicyclic amines) is 1. The van der Waals surface area contributed by atoms with Crippen molar-refractivity contribution in [2.45, 2.75) is 13.0 Å². The molecule has 1 N–H and O–H groups in total. The zero-order valence-electron chi connectivity index (χ0n) is 19.6. The van der Waals surface area contributed by atoms with Crippen LogP contribution >= 0.6 is 0 Å². The molecule has 0 aromatic heterocycles. The van der Waals surface area contributed by atoms with Gasteiger partial charge in [-0.1, -0.05) is 24.3 Å². The van der Waals surface area contributed by atoms with Crippen LogP contribution in [0.1, 0.15) is 35.3 Å². The van der Waals surface area contributed by atoms with E-state index in [0.717, 1.165) is 53.2 Å². The molecule has 2 aliphatic rings. The van der Waals surface area contributed by atoms with Gasteiger partial charge in [-0.05, 0) is 60.0 Å². The monoisotopic (exact) mass is 470 g/mol. The van der Waals surface area contributed by atoms with Crippen molar-refractivity contribution in [2.75, 3.05) is 32.9 Å². The summed E-state index contributed by atoms with van der Waals surface area (Å²) in [6, 6.07) is 22.7. The Labute approximate surface area is 204 Å². The maximum Gasteiger partial charge on any atom is 0.150 e. The van der Waals surface area contributed by atoms with Gasteiger partial charge < -0.3 is 14.6 Å². The predicted molar refractivity (Wildman–Crippen MR) is 133 cm³/mol. The second-order valence-corrected chi connectivity index (χ2v) is 9.10. The third kappa shape index (κ3) is 4.73. The van der Waals surface area contributed by atoms with Crippen molar-refractivity contribution in [3.8, 4) is 23.3 Å². The van der Waals surface area contributed by atoms with E-state index in [9.17, 15) is 14.8 Å². The molecule has 0 amide bonds. The molecule has 35 heavy (non-hydrogen) atoms. The molecular weight excluding hydrogens is 443 g/mol. The van der Waals surface area contributed by atoms with Crippen LogP contribution in [0.15, 0.2) is 66.7 Å². The van der Waals surface area contributed by atoms with Crippen LogP contribution in [-0.2, 0) is 0 Å². The van der Waals surface area contributed by atoms with Crippen molar-refractivity contribution < 1.29 is 19.0 Å². The molecule has 0 saturated carbocycles. The molecule has 2 heterocycles. The molecule has 0 unspecified atom stereocenters. The average molecular weight is 471 g/mol. The van der Waals surface area contributed by atoms with Crippen LogP contribution in [0.2, 0.25) is 0 Å². The molecule has 1 atom stereocenters. The summed E-state index contributed by atoms with van der Waals surface area (Å²) < 4.78 is 24.9. The number of benzene rings is 3. The Balaban J connectivity index is 1.38. The van der Waals surface area contributed by atoms with E-state index in [-0.39, 0.29) is 24.4 Å². The molecule has 1 fully saturated rings. The Morgan fingerprint density at radius 3 is 2.51 bits per heavy atom. The van der Waals surface area contributed by atoms with Gasteiger partial charge in [-0.2, -0.15) is 5.26 Å². The van der Waals surface area contributed by atoms with E-state index in [1.807, 2.05) is 54.6 Å². The fourth-order valence-corrected chi connectivity index (χ4v) is 4.76. The number of rotatable bonds is 7. The molecule has 0 aliphatic carbocycles. The second kappa shape index (κ2) is 9.81. The number of nitriles is 1. The number of ether oxygens (including phenoxy) is 2. The molecule has 6 heteroatoms. The first-order valence-electron chi connectivity index (χ1n) is 11.8. The first-order valence-corrected chi connectivity index (χ1v) is 11.8. The van der Waals surface area contributed by atoms with Crippen LogP contribution in [0.4, 0.5) is 4.39 Å². The number of phenols is 1. The molecule has 1 saturated heterocycles. The summed E-state index contributed by atoms with van der Waals surface area (Å²) in [5, 5.41) is 19.2. The molecule has 178 valence electrons. The fraction of sp³-hybridized carbons (Fsp3) is 0.276. The molecule has 5 nitrogen and oxygen atoms in total. The minimum Gasteiger partial charge on any atom is -0.508 e. The number of halogens is 1. The number of allylic oxidation sites excluding steroid dienone is 1. The van der Waals surface area contributed by atoms with Crippen LogP contribution < -0.4 is 9.47 Å². The maximum atomic E-state index is 12.6. The highest BCUT2D eigenvalue weighted by molar-refractivity contribution is 5.95. The van der Waals surface area contributed by atoms with Gasteiger partial charge in [0.2, 0.25) is 0 Å². The lowest BCUT2D eigenvalue weighted by Crippen LogP contribution is -2.49. The Kier molecular flexibility index (Phi) is 6.43. The van der Waals surface area contributed by atoms with Gasteiger partial charge in [0.1, 0.15) is 30.0 Å². The molecule has 2 aliphatic heterocycles. The molecule has 3 aromatic carbocycles. The predicted octanol–water partition coefficient (Wildman–Crippen LogP) is 5.61.